The van der Waals surface area contributed by atoms with Gasteiger partial charge in [0, 0.05) is 17.8 Å². The van der Waals surface area contributed by atoms with Crippen LogP contribution in [0.15, 0.2) is 0 Å². The lowest BCUT2D eigenvalue weighted by molar-refractivity contribution is -0.132. The van der Waals surface area contributed by atoms with E-state index >= 15 is 0 Å². The van der Waals surface area contributed by atoms with Gasteiger partial charge < -0.3 is 4.79 Å². The lowest BCUT2D eigenvalue weighted by Gasteiger charge is -2.32. The fourth-order valence-electron chi connectivity index (χ4n) is 3.50. The SMILES string of the molecule is CC(=O)CCC[C@@]1(C)C(=O)[C@@H]2CC[C@H]1C2. The number of carbonyl (C=O) groups excluding carboxylic acids is 2. The minimum Gasteiger partial charge on any atom is -0.300 e. The quantitative estimate of drug-likeness (QED) is 0.712. The highest BCUT2D eigenvalue weighted by Gasteiger charge is 2.54. The summed E-state index contributed by atoms with van der Waals surface area (Å²) in [6.07, 6.45) is 5.92. The number of rotatable bonds is 4. The Balaban J connectivity index is 1.95. The van der Waals surface area contributed by atoms with Crippen molar-refractivity contribution < 1.29 is 9.59 Å². The van der Waals surface area contributed by atoms with E-state index in [9.17, 15) is 9.59 Å². The molecule has 84 valence electrons. The van der Waals surface area contributed by atoms with Crippen LogP contribution in [0.3, 0.4) is 0 Å². The highest BCUT2D eigenvalue weighted by atomic mass is 16.1. The third kappa shape index (κ3) is 1.75. The van der Waals surface area contributed by atoms with Crippen LogP contribution < -0.4 is 0 Å². The van der Waals surface area contributed by atoms with E-state index in [1.807, 2.05) is 0 Å². The maximum Gasteiger partial charge on any atom is 0.142 e. The van der Waals surface area contributed by atoms with Crippen LogP contribution >= 0.6 is 0 Å². The summed E-state index contributed by atoms with van der Waals surface area (Å²) in [5.74, 6) is 1.70. The van der Waals surface area contributed by atoms with Crippen LogP contribution in [0.25, 0.3) is 0 Å². The zero-order valence-corrected chi connectivity index (χ0v) is 9.71. The van der Waals surface area contributed by atoms with Crippen LogP contribution in [0.5, 0.6) is 0 Å². The van der Waals surface area contributed by atoms with E-state index in [0.29, 0.717) is 24.0 Å². The predicted octanol–water partition coefficient (Wildman–Crippen LogP) is 2.75. The monoisotopic (exact) mass is 208 g/mol. The van der Waals surface area contributed by atoms with Gasteiger partial charge >= 0.3 is 0 Å². The lowest BCUT2D eigenvalue weighted by Crippen LogP contribution is -2.33. The molecule has 0 amide bonds. The lowest BCUT2D eigenvalue weighted by atomic mass is 9.70. The molecular formula is C13H20O2. The van der Waals surface area contributed by atoms with E-state index in [4.69, 9.17) is 0 Å². The third-order valence-electron chi connectivity index (χ3n) is 4.49. The average molecular weight is 208 g/mol. The molecule has 0 aromatic rings. The first-order valence-electron chi connectivity index (χ1n) is 6.08. The fraction of sp³-hybridized carbons (Fsp3) is 0.846. The number of ketones is 2. The van der Waals surface area contributed by atoms with Crippen molar-refractivity contribution >= 4 is 11.6 Å². The topological polar surface area (TPSA) is 34.1 Å². The van der Waals surface area contributed by atoms with Crippen molar-refractivity contribution in [2.75, 3.05) is 0 Å². The van der Waals surface area contributed by atoms with Crippen LogP contribution in [0.1, 0.15) is 52.4 Å². The van der Waals surface area contributed by atoms with E-state index in [1.165, 1.54) is 6.42 Å². The minimum atomic E-state index is -0.0850. The summed E-state index contributed by atoms with van der Waals surface area (Å²) in [5, 5.41) is 0. The molecule has 2 aliphatic carbocycles. The van der Waals surface area contributed by atoms with Gasteiger partial charge in [0.1, 0.15) is 11.6 Å². The second-order valence-corrected chi connectivity index (χ2v) is 5.54. The molecule has 2 fully saturated rings. The molecule has 0 unspecified atom stereocenters. The molecule has 0 heterocycles. The first-order valence-corrected chi connectivity index (χ1v) is 6.08. The van der Waals surface area contributed by atoms with Crippen molar-refractivity contribution in [3.8, 4) is 0 Å². The zero-order chi connectivity index (χ0) is 11.1. The van der Waals surface area contributed by atoms with E-state index in [2.05, 4.69) is 6.92 Å². The molecule has 2 saturated carbocycles. The van der Waals surface area contributed by atoms with Gasteiger partial charge in [0.05, 0.1) is 0 Å². The molecule has 3 atom stereocenters. The van der Waals surface area contributed by atoms with E-state index in [1.54, 1.807) is 6.92 Å². The highest BCUT2D eigenvalue weighted by Crippen LogP contribution is 2.55. The number of Topliss-reactive ketones (excluding diaryl/α,β-unsaturated/α-hetero) is 2. The molecule has 0 aromatic carbocycles. The maximum absolute atomic E-state index is 12.1. The van der Waals surface area contributed by atoms with Crippen molar-refractivity contribution in [3.05, 3.63) is 0 Å². The van der Waals surface area contributed by atoms with Crippen LogP contribution in [-0.4, -0.2) is 11.6 Å². The number of fused-ring (bicyclic) bond motifs is 2. The summed E-state index contributed by atoms with van der Waals surface area (Å²) in [6, 6.07) is 0. The summed E-state index contributed by atoms with van der Waals surface area (Å²) in [4.78, 5) is 23.0. The van der Waals surface area contributed by atoms with Gasteiger partial charge in [0.15, 0.2) is 0 Å². The first kappa shape index (κ1) is 10.8. The maximum atomic E-state index is 12.1. The van der Waals surface area contributed by atoms with Crippen LogP contribution in [0, 0.1) is 17.3 Å². The molecule has 0 N–H and O–H groups in total. The Hall–Kier alpha value is -0.660. The minimum absolute atomic E-state index is 0.0850. The van der Waals surface area contributed by atoms with Crippen molar-refractivity contribution in [1.29, 1.82) is 0 Å². The van der Waals surface area contributed by atoms with Gasteiger partial charge in [-0.2, -0.15) is 0 Å². The van der Waals surface area contributed by atoms with Crippen molar-refractivity contribution in [1.82, 2.24) is 0 Å². The summed E-state index contributed by atoms with van der Waals surface area (Å²) >= 11 is 0. The average Bonchev–Trinajstić information content (AvgIpc) is 2.70. The highest BCUT2D eigenvalue weighted by molar-refractivity contribution is 5.90. The Morgan fingerprint density at radius 3 is 2.73 bits per heavy atom. The van der Waals surface area contributed by atoms with Gasteiger partial charge in [0.2, 0.25) is 0 Å². The van der Waals surface area contributed by atoms with Gasteiger partial charge in [-0.1, -0.05) is 6.92 Å². The second-order valence-electron chi connectivity index (χ2n) is 5.54. The molecule has 2 nitrogen and oxygen atoms in total. The van der Waals surface area contributed by atoms with E-state index in [0.717, 1.165) is 25.7 Å². The standard InChI is InChI=1S/C13H20O2/c1-9(14)4-3-7-13(2)11-6-5-10(8-11)12(13)15/h10-11H,3-8H2,1-2H3/t10-,11+,13-/m1/s1. The molecule has 0 aromatic heterocycles. The van der Waals surface area contributed by atoms with E-state index < -0.39 is 0 Å². The molecule has 0 saturated heterocycles. The van der Waals surface area contributed by atoms with Crippen molar-refractivity contribution in [2.45, 2.75) is 52.4 Å². The Morgan fingerprint density at radius 2 is 2.20 bits per heavy atom. The molecule has 0 aliphatic heterocycles. The molecule has 2 bridgehead atoms. The largest absolute Gasteiger partial charge is 0.300 e. The molecule has 0 radical (unpaired) electrons. The Morgan fingerprint density at radius 1 is 1.47 bits per heavy atom. The normalized spacial score (nSPS) is 38.7. The summed E-state index contributed by atoms with van der Waals surface area (Å²) < 4.78 is 0. The molecule has 2 heteroatoms. The first-order chi connectivity index (χ1) is 7.04. The van der Waals surface area contributed by atoms with Crippen LogP contribution in [0.4, 0.5) is 0 Å². The molecule has 2 rings (SSSR count). The summed E-state index contributed by atoms with van der Waals surface area (Å²) in [5.41, 5.74) is -0.0850. The Bertz CT molecular complexity index is 295. The van der Waals surface area contributed by atoms with Gasteiger partial charge in [-0.15, -0.1) is 0 Å². The Labute approximate surface area is 91.4 Å². The molecular weight excluding hydrogens is 188 g/mol. The Kier molecular flexibility index (Phi) is 2.70. The van der Waals surface area contributed by atoms with Gasteiger partial charge in [-0.3, -0.25) is 4.79 Å². The smallest absolute Gasteiger partial charge is 0.142 e. The second kappa shape index (κ2) is 3.73. The summed E-state index contributed by atoms with van der Waals surface area (Å²) in [7, 11) is 0. The number of carbonyl (C=O) groups is 2. The van der Waals surface area contributed by atoms with Gasteiger partial charge in [-0.05, 0) is 44.9 Å². The number of hydrogen-bond acceptors (Lipinski definition) is 2. The molecule has 2 aliphatic rings. The predicted molar refractivity (Wildman–Crippen MR) is 58.5 cm³/mol. The number of hydrogen-bond donors (Lipinski definition) is 0. The van der Waals surface area contributed by atoms with E-state index in [-0.39, 0.29) is 11.2 Å². The molecule has 15 heavy (non-hydrogen) atoms. The van der Waals surface area contributed by atoms with Crippen LogP contribution in [0.2, 0.25) is 0 Å². The third-order valence-corrected chi connectivity index (χ3v) is 4.49. The van der Waals surface area contributed by atoms with Crippen molar-refractivity contribution in [3.63, 3.8) is 0 Å². The van der Waals surface area contributed by atoms with Gasteiger partial charge in [-0.25, -0.2) is 0 Å². The zero-order valence-electron chi connectivity index (χ0n) is 9.71. The van der Waals surface area contributed by atoms with Crippen molar-refractivity contribution in [2.24, 2.45) is 17.3 Å². The molecule has 0 spiro atoms. The van der Waals surface area contributed by atoms with Gasteiger partial charge in [0.25, 0.3) is 0 Å². The summed E-state index contributed by atoms with van der Waals surface area (Å²) in [6.45, 7) is 3.75. The fourth-order valence-corrected chi connectivity index (χ4v) is 3.50. The van der Waals surface area contributed by atoms with Crippen LogP contribution in [-0.2, 0) is 9.59 Å².